The fourth-order valence-corrected chi connectivity index (χ4v) is 5.25. The molecule has 1 fully saturated rings. The van der Waals surface area contributed by atoms with Crippen LogP contribution in [0.25, 0.3) is 0 Å². The fourth-order valence-electron chi connectivity index (χ4n) is 4.08. The summed E-state index contributed by atoms with van der Waals surface area (Å²) in [7, 11) is 0. The summed E-state index contributed by atoms with van der Waals surface area (Å²) in [5, 5.41) is 14.8. The maximum Gasteiger partial charge on any atom is 0.271 e. The summed E-state index contributed by atoms with van der Waals surface area (Å²) in [6.07, 6.45) is 1.55. The first-order valence-corrected chi connectivity index (χ1v) is 13.8. The normalized spacial score (nSPS) is 14.2. The quantitative estimate of drug-likeness (QED) is 0.221. The van der Waals surface area contributed by atoms with Gasteiger partial charge in [0.2, 0.25) is 0 Å². The van der Waals surface area contributed by atoms with Crippen LogP contribution < -0.4 is 15.1 Å². The number of hydrogen-bond donors (Lipinski definition) is 2. The summed E-state index contributed by atoms with van der Waals surface area (Å²) >= 11 is 21.7. The molecule has 0 unspecified atom stereocenters. The molecule has 4 rings (SSSR count). The average molecular weight is 641 g/mol. The van der Waals surface area contributed by atoms with E-state index in [0.717, 1.165) is 59.8 Å². The standard InChI is InChI=1S/C27H26BrCl3N4O3/c1-17-12-18(16-32-33-27(37)19-2-5-25(36)24(31)14-19)13-21(28)26(17)38-11-10-34-6-8-35(9-7-34)20-3-4-22(29)23(30)15-20/h2-5,12-16,36H,6-11H2,1H3,(H,33,37)/b32-16-. The largest absolute Gasteiger partial charge is 0.506 e. The molecular formula is C27H26BrCl3N4O3. The summed E-state index contributed by atoms with van der Waals surface area (Å²) in [5.41, 5.74) is 5.58. The van der Waals surface area contributed by atoms with E-state index in [0.29, 0.717) is 22.2 Å². The molecule has 0 radical (unpaired) electrons. The molecule has 1 saturated heterocycles. The number of anilines is 1. The van der Waals surface area contributed by atoms with Gasteiger partial charge in [0, 0.05) is 44.0 Å². The SMILES string of the molecule is Cc1cc(/C=N\NC(=O)c2ccc(O)c(Cl)c2)cc(Br)c1OCCN1CCN(c2ccc(Cl)c(Cl)c2)CC1. The topological polar surface area (TPSA) is 77.4 Å². The van der Waals surface area contributed by atoms with E-state index in [9.17, 15) is 9.90 Å². The first kappa shape index (κ1) is 28.5. The van der Waals surface area contributed by atoms with Crippen molar-refractivity contribution in [2.24, 2.45) is 5.10 Å². The first-order chi connectivity index (χ1) is 18.2. The van der Waals surface area contributed by atoms with Crippen LogP contribution in [-0.4, -0.2) is 61.5 Å². The van der Waals surface area contributed by atoms with E-state index in [1.54, 1.807) is 6.21 Å². The average Bonchev–Trinajstić information content (AvgIpc) is 2.89. The van der Waals surface area contributed by atoms with Gasteiger partial charge in [0.1, 0.15) is 18.1 Å². The van der Waals surface area contributed by atoms with Crippen LogP contribution in [0.3, 0.4) is 0 Å². The minimum Gasteiger partial charge on any atom is -0.506 e. The van der Waals surface area contributed by atoms with Crippen molar-refractivity contribution in [1.29, 1.82) is 0 Å². The number of amides is 1. The van der Waals surface area contributed by atoms with Gasteiger partial charge in [-0.15, -0.1) is 0 Å². The molecule has 7 nitrogen and oxygen atoms in total. The van der Waals surface area contributed by atoms with E-state index < -0.39 is 5.91 Å². The number of nitrogens with one attached hydrogen (secondary N) is 1. The number of carbonyl (C=O) groups excluding carboxylic acids is 1. The third-order valence-electron chi connectivity index (χ3n) is 6.14. The van der Waals surface area contributed by atoms with Crippen molar-refractivity contribution in [2.75, 3.05) is 44.2 Å². The second kappa shape index (κ2) is 13.0. The lowest BCUT2D eigenvalue weighted by atomic mass is 10.1. The molecule has 3 aromatic carbocycles. The number of halogens is 4. The van der Waals surface area contributed by atoms with Gasteiger partial charge in [-0.05, 0) is 82.5 Å². The molecule has 38 heavy (non-hydrogen) atoms. The molecule has 3 aromatic rings. The highest BCUT2D eigenvalue weighted by molar-refractivity contribution is 9.10. The third-order valence-corrected chi connectivity index (χ3v) is 7.77. The molecule has 1 aliphatic rings. The number of nitrogens with zero attached hydrogens (tertiary/aromatic N) is 3. The van der Waals surface area contributed by atoms with Crippen LogP contribution in [0.1, 0.15) is 21.5 Å². The molecule has 0 bridgehead atoms. The number of phenols is 1. The Hall–Kier alpha value is -2.49. The minimum absolute atomic E-state index is 0.0863. The smallest absolute Gasteiger partial charge is 0.271 e. The molecule has 2 N–H and O–H groups in total. The van der Waals surface area contributed by atoms with Crippen molar-refractivity contribution in [3.63, 3.8) is 0 Å². The van der Waals surface area contributed by atoms with Crippen LogP contribution in [0, 0.1) is 6.92 Å². The Kier molecular flexibility index (Phi) is 9.79. The summed E-state index contributed by atoms with van der Waals surface area (Å²) in [4.78, 5) is 16.9. The molecule has 0 aliphatic carbocycles. The maximum atomic E-state index is 12.2. The number of phenolic OH excluding ortho intramolecular Hbond substituents is 1. The van der Waals surface area contributed by atoms with E-state index in [1.165, 1.54) is 18.2 Å². The highest BCUT2D eigenvalue weighted by Crippen LogP contribution is 2.31. The molecule has 200 valence electrons. The number of hydrazone groups is 1. The van der Waals surface area contributed by atoms with Crippen LogP contribution in [-0.2, 0) is 0 Å². The van der Waals surface area contributed by atoms with Gasteiger partial charge in [0.05, 0.1) is 25.8 Å². The van der Waals surface area contributed by atoms with Gasteiger partial charge >= 0.3 is 0 Å². The third kappa shape index (κ3) is 7.33. The van der Waals surface area contributed by atoms with E-state index in [-0.39, 0.29) is 10.8 Å². The number of rotatable bonds is 8. The van der Waals surface area contributed by atoms with Crippen molar-refractivity contribution >= 4 is 68.5 Å². The maximum absolute atomic E-state index is 12.2. The van der Waals surface area contributed by atoms with Crippen molar-refractivity contribution in [3.8, 4) is 11.5 Å². The highest BCUT2D eigenvalue weighted by Gasteiger charge is 2.18. The molecule has 0 aromatic heterocycles. The molecule has 1 amide bonds. The number of ether oxygens (including phenoxy) is 1. The van der Waals surface area contributed by atoms with Crippen LogP contribution >= 0.6 is 50.7 Å². The molecule has 0 atom stereocenters. The fraction of sp³-hybridized carbons (Fsp3) is 0.259. The van der Waals surface area contributed by atoms with Crippen LogP contribution in [0.4, 0.5) is 5.69 Å². The second-order valence-corrected chi connectivity index (χ2v) is 10.9. The summed E-state index contributed by atoms with van der Waals surface area (Å²) in [6.45, 7) is 7.02. The zero-order valence-corrected chi connectivity index (χ0v) is 24.4. The predicted molar refractivity (Wildman–Crippen MR) is 158 cm³/mol. The van der Waals surface area contributed by atoms with Crippen LogP contribution in [0.5, 0.6) is 11.5 Å². The Bertz CT molecular complexity index is 1320. The number of carbonyl (C=O) groups is 1. The van der Waals surface area contributed by atoms with E-state index >= 15 is 0 Å². The Morgan fingerprint density at radius 3 is 2.50 bits per heavy atom. The van der Waals surface area contributed by atoms with Gasteiger partial charge in [0.25, 0.3) is 5.91 Å². The molecule has 1 heterocycles. The Labute approximate surface area is 245 Å². The predicted octanol–water partition coefficient (Wildman–Crippen LogP) is 6.39. The van der Waals surface area contributed by atoms with Gasteiger partial charge in [-0.2, -0.15) is 5.10 Å². The molecule has 0 spiro atoms. The number of aromatic hydroxyl groups is 1. The molecular weight excluding hydrogens is 615 g/mol. The van der Waals surface area contributed by atoms with Crippen molar-refractivity contribution in [1.82, 2.24) is 10.3 Å². The Morgan fingerprint density at radius 1 is 1.05 bits per heavy atom. The summed E-state index contributed by atoms with van der Waals surface area (Å²) in [5.74, 6) is 0.257. The van der Waals surface area contributed by atoms with Gasteiger partial charge < -0.3 is 14.7 Å². The van der Waals surface area contributed by atoms with Gasteiger partial charge in [-0.25, -0.2) is 5.43 Å². The number of hydrogen-bond acceptors (Lipinski definition) is 6. The monoisotopic (exact) mass is 638 g/mol. The van der Waals surface area contributed by atoms with Crippen molar-refractivity contribution < 1.29 is 14.6 Å². The van der Waals surface area contributed by atoms with Gasteiger partial charge in [-0.1, -0.05) is 34.8 Å². The van der Waals surface area contributed by atoms with E-state index in [1.807, 2.05) is 37.3 Å². The highest BCUT2D eigenvalue weighted by atomic mass is 79.9. The van der Waals surface area contributed by atoms with Crippen molar-refractivity contribution in [3.05, 3.63) is 84.8 Å². The summed E-state index contributed by atoms with van der Waals surface area (Å²) in [6, 6.07) is 13.8. The molecule has 0 saturated carbocycles. The van der Waals surface area contributed by atoms with Gasteiger partial charge in [0.15, 0.2) is 0 Å². The lowest BCUT2D eigenvalue weighted by Gasteiger charge is -2.36. The number of piperazine rings is 1. The van der Waals surface area contributed by atoms with Crippen molar-refractivity contribution in [2.45, 2.75) is 6.92 Å². The first-order valence-electron chi connectivity index (χ1n) is 11.9. The van der Waals surface area contributed by atoms with E-state index in [2.05, 4.69) is 36.3 Å². The lowest BCUT2D eigenvalue weighted by molar-refractivity contribution is 0.0955. The Morgan fingerprint density at radius 2 is 1.82 bits per heavy atom. The second-order valence-electron chi connectivity index (χ2n) is 8.79. The zero-order chi connectivity index (χ0) is 27.2. The molecule has 1 aliphatic heterocycles. The van der Waals surface area contributed by atoms with Crippen LogP contribution in [0.15, 0.2) is 58.1 Å². The number of benzene rings is 3. The lowest BCUT2D eigenvalue weighted by Crippen LogP contribution is -2.47. The van der Waals surface area contributed by atoms with E-state index in [4.69, 9.17) is 39.5 Å². The van der Waals surface area contributed by atoms with Crippen LogP contribution in [0.2, 0.25) is 15.1 Å². The molecule has 11 heteroatoms. The minimum atomic E-state index is -0.434. The van der Waals surface area contributed by atoms with Gasteiger partial charge in [-0.3, -0.25) is 9.69 Å². The zero-order valence-electron chi connectivity index (χ0n) is 20.6. The number of aryl methyl sites for hydroxylation is 1. The Balaban J connectivity index is 1.25. The summed E-state index contributed by atoms with van der Waals surface area (Å²) < 4.78 is 6.91.